The highest BCUT2D eigenvalue weighted by Crippen LogP contribution is 2.25. The maximum Gasteiger partial charge on any atom is 0.0897 e. The number of ether oxygens (including phenoxy) is 1. The van der Waals surface area contributed by atoms with Crippen molar-refractivity contribution in [3.63, 3.8) is 0 Å². The maximum atomic E-state index is 9.97. The van der Waals surface area contributed by atoms with Crippen molar-refractivity contribution in [2.24, 2.45) is 5.92 Å². The van der Waals surface area contributed by atoms with Gasteiger partial charge in [-0.25, -0.2) is 0 Å². The molecule has 2 N–H and O–H groups in total. The number of halogens is 1. The number of hydrogen-bond donors (Lipinski definition) is 2. The highest BCUT2D eigenvalue weighted by molar-refractivity contribution is 9.10. The molecule has 2 rings (SSSR count). The predicted molar refractivity (Wildman–Crippen MR) is 89.2 cm³/mol. The Hall–Kier alpha value is -0.420. The summed E-state index contributed by atoms with van der Waals surface area (Å²) >= 11 is 3.46. The summed E-state index contributed by atoms with van der Waals surface area (Å²) in [6.45, 7) is 4.06. The van der Waals surface area contributed by atoms with E-state index in [2.05, 4.69) is 40.3 Å². The molecule has 1 saturated carbocycles. The molecule has 0 amide bonds. The lowest BCUT2D eigenvalue weighted by Crippen LogP contribution is -2.32. The highest BCUT2D eigenvalue weighted by atomic mass is 79.9. The molecule has 118 valence electrons. The van der Waals surface area contributed by atoms with Crippen molar-refractivity contribution < 1.29 is 9.84 Å². The lowest BCUT2D eigenvalue weighted by molar-refractivity contribution is -0.0278. The van der Waals surface area contributed by atoms with Crippen molar-refractivity contribution in [1.29, 1.82) is 0 Å². The van der Waals surface area contributed by atoms with Gasteiger partial charge in [-0.05, 0) is 49.3 Å². The molecule has 0 aliphatic heterocycles. The van der Waals surface area contributed by atoms with Crippen LogP contribution in [0.5, 0.6) is 0 Å². The van der Waals surface area contributed by atoms with E-state index >= 15 is 0 Å². The number of hydrogen-bond acceptors (Lipinski definition) is 3. The molecular formula is C17H26BrNO2. The van der Waals surface area contributed by atoms with Crippen LogP contribution in [0, 0.1) is 5.92 Å². The minimum Gasteiger partial charge on any atom is -0.389 e. The predicted octanol–water partition coefficient (Wildman–Crippen LogP) is 3.49. The van der Waals surface area contributed by atoms with Gasteiger partial charge in [0.1, 0.15) is 0 Å². The average molecular weight is 356 g/mol. The summed E-state index contributed by atoms with van der Waals surface area (Å²) in [6, 6.07) is 8.19. The lowest BCUT2D eigenvalue weighted by atomic mass is 9.89. The number of benzene rings is 1. The van der Waals surface area contributed by atoms with Crippen molar-refractivity contribution >= 4 is 15.9 Å². The molecule has 0 spiro atoms. The van der Waals surface area contributed by atoms with Crippen LogP contribution in [-0.4, -0.2) is 30.5 Å². The monoisotopic (exact) mass is 355 g/mol. The second-order valence-corrected chi connectivity index (χ2v) is 7.05. The van der Waals surface area contributed by atoms with Gasteiger partial charge in [0.2, 0.25) is 0 Å². The summed E-state index contributed by atoms with van der Waals surface area (Å²) < 4.78 is 6.90. The largest absolute Gasteiger partial charge is 0.389 e. The first-order chi connectivity index (χ1) is 10.1. The number of rotatable bonds is 7. The molecule has 1 aromatic rings. The molecule has 1 aliphatic rings. The minimum absolute atomic E-state index is 0.348. The molecule has 1 unspecified atom stereocenters. The second-order valence-electron chi connectivity index (χ2n) is 6.13. The van der Waals surface area contributed by atoms with Gasteiger partial charge in [-0.15, -0.1) is 0 Å². The molecule has 0 saturated heterocycles. The van der Waals surface area contributed by atoms with Crippen LogP contribution in [0.4, 0.5) is 0 Å². The smallest absolute Gasteiger partial charge is 0.0897 e. The zero-order valence-electron chi connectivity index (χ0n) is 12.7. The third-order valence-corrected chi connectivity index (χ3v) is 4.58. The van der Waals surface area contributed by atoms with Gasteiger partial charge in [-0.2, -0.15) is 0 Å². The summed E-state index contributed by atoms with van der Waals surface area (Å²) in [6.07, 6.45) is 4.69. The van der Waals surface area contributed by atoms with Gasteiger partial charge >= 0.3 is 0 Å². The molecule has 1 aromatic carbocycles. The first-order valence-corrected chi connectivity index (χ1v) is 8.67. The van der Waals surface area contributed by atoms with Crippen LogP contribution in [0.25, 0.3) is 0 Å². The number of aliphatic hydroxyl groups excluding tert-OH is 1. The van der Waals surface area contributed by atoms with E-state index in [4.69, 9.17) is 4.74 Å². The summed E-state index contributed by atoms with van der Waals surface area (Å²) in [7, 11) is 0. The van der Waals surface area contributed by atoms with E-state index in [-0.39, 0.29) is 0 Å². The number of aliphatic hydroxyl groups is 1. The first-order valence-electron chi connectivity index (χ1n) is 7.88. The summed E-state index contributed by atoms with van der Waals surface area (Å²) in [4.78, 5) is 0. The van der Waals surface area contributed by atoms with Crippen LogP contribution >= 0.6 is 15.9 Å². The van der Waals surface area contributed by atoms with Gasteiger partial charge in [0.25, 0.3) is 0 Å². The molecule has 3 nitrogen and oxygen atoms in total. The molecule has 4 heteroatoms. The van der Waals surface area contributed by atoms with Gasteiger partial charge in [-0.1, -0.05) is 35.0 Å². The van der Waals surface area contributed by atoms with Crippen LogP contribution < -0.4 is 5.32 Å². The molecule has 0 heterocycles. The molecule has 1 atom stereocenters. The van der Waals surface area contributed by atoms with Crippen molar-refractivity contribution in [1.82, 2.24) is 5.32 Å². The fraction of sp³-hybridized carbons (Fsp3) is 0.647. The Morgan fingerprint density at radius 2 is 2.10 bits per heavy atom. The van der Waals surface area contributed by atoms with E-state index in [1.165, 1.54) is 18.4 Å². The van der Waals surface area contributed by atoms with Gasteiger partial charge in [0.15, 0.2) is 0 Å². The number of nitrogens with one attached hydrogen (secondary N) is 1. The Labute approximate surface area is 136 Å². The fourth-order valence-corrected chi connectivity index (χ4v) is 3.18. The van der Waals surface area contributed by atoms with Crippen molar-refractivity contribution in [3.05, 3.63) is 34.3 Å². The maximum absolute atomic E-state index is 9.97. The fourth-order valence-electron chi connectivity index (χ4n) is 2.73. The van der Waals surface area contributed by atoms with Gasteiger partial charge in [0.05, 0.1) is 18.8 Å². The standard InChI is InChI=1S/C17H26BrNO2/c1-13-5-7-17(8-6-13)21-12-16(20)11-19-10-14-3-2-4-15(18)9-14/h2-4,9,13,16-17,19-20H,5-8,10-12H2,1H3. The van der Waals surface area contributed by atoms with E-state index in [1.54, 1.807) is 0 Å². The van der Waals surface area contributed by atoms with E-state index < -0.39 is 6.10 Å². The van der Waals surface area contributed by atoms with E-state index in [0.717, 1.165) is 29.8 Å². The third-order valence-electron chi connectivity index (χ3n) is 4.09. The Bertz CT molecular complexity index is 419. The highest BCUT2D eigenvalue weighted by Gasteiger charge is 2.19. The average Bonchev–Trinajstić information content (AvgIpc) is 2.47. The molecule has 0 radical (unpaired) electrons. The van der Waals surface area contributed by atoms with Gasteiger partial charge < -0.3 is 15.2 Å². The van der Waals surface area contributed by atoms with Gasteiger partial charge in [-0.3, -0.25) is 0 Å². The molecule has 1 fully saturated rings. The normalized spacial score (nSPS) is 24.0. The summed E-state index contributed by atoms with van der Waals surface area (Å²) in [5.41, 5.74) is 1.21. The third kappa shape index (κ3) is 6.47. The van der Waals surface area contributed by atoms with E-state index in [0.29, 0.717) is 19.3 Å². The quantitative estimate of drug-likeness (QED) is 0.786. The van der Waals surface area contributed by atoms with E-state index in [9.17, 15) is 5.11 Å². The Balaban J connectivity index is 1.58. The Morgan fingerprint density at radius 3 is 2.81 bits per heavy atom. The second kappa shape index (κ2) is 8.89. The van der Waals surface area contributed by atoms with Crippen LogP contribution in [-0.2, 0) is 11.3 Å². The van der Waals surface area contributed by atoms with Crippen LogP contribution in [0.3, 0.4) is 0 Å². The first kappa shape index (κ1) is 16.9. The molecular weight excluding hydrogens is 330 g/mol. The Morgan fingerprint density at radius 1 is 1.33 bits per heavy atom. The van der Waals surface area contributed by atoms with Crippen molar-refractivity contribution in [3.8, 4) is 0 Å². The minimum atomic E-state index is -0.434. The van der Waals surface area contributed by atoms with Crippen LogP contribution in [0.1, 0.15) is 38.2 Å². The van der Waals surface area contributed by atoms with Crippen LogP contribution in [0.15, 0.2) is 28.7 Å². The van der Waals surface area contributed by atoms with Gasteiger partial charge in [0, 0.05) is 17.6 Å². The summed E-state index contributed by atoms with van der Waals surface area (Å²) in [5.74, 6) is 0.835. The molecule has 0 bridgehead atoms. The van der Waals surface area contributed by atoms with Crippen LogP contribution in [0.2, 0.25) is 0 Å². The summed E-state index contributed by atoms with van der Waals surface area (Å²) in [5, 5.41) is 13.2. The molecule has 1 aliphatic carbocycles. The SMILES string of the molecule is CC1CCC(OCC(O)CNCc2cccc(Br)c2)CC1. The van der Waals surface area contributed by atoms with Crippen molar-refractivity contribution in [2.45, 2.75) is 51.4 Å². The topological polar surface area (TPSA) is 41.5 Å². The molecule has 21 heavy (non-hydrogen) atoms. The molecule has 0 aromatic heterocycles. The Kier molecular flexibility index (Phi) is 7.17. The lowest BCUT2D eigenvalue weighted by Gasteiger charge is -2.27. The zero-order valence-corrected chi connectivity index (χ0v) is 14.3. The van der Waals surface area contributed by atoms with E-state index in [1.807, 2.05) is 12.1 Å². The zero-order chi connectivity index (χ0) is 15.1. The van der Waals surface area contributed by atoms with Crippen molar-refractivity contribution in [2.75, 3.05) is 13.2 Å².